The molecular weight excluding hydrogens is 288 g/mol. The summed E-state index contributed by atoms with van der Waals surface area (Å²) in [6, 6.07) is 8.28. The summed E-state index contributed by atoms with van der Waals surface area (Å²) in [6.45, 7) is 3.10. The Labute approximate surface area is 130 Å². The van der Waals surface area contributed by atoms with E-state index in [-0.39, 0.29) is 12.0 Å². The van der Waals surface area contributed by atoms with Gasteiger partial charge < -0.3 is 15.0 Å². The van der Waals surface area contributed by atoms with Crippen molar-refractivity contribution >= 4 is 17.5 Å². The minimum atomic E-state index is 0.119. The third-order valence-corrected chi connectivity index (χ3v) is 4.41. The molecule has 3 rings (SSSR count). The molecule has 2 saturated heterocycles. The first-order valence-corrected chi connectivity index (χ1v) is 7.96. The van der Waals surface area contributed by atoms with E-state index in [0.29, 0.717) is 19.1 Å². The van der Waals surface area contributed by atoms with E-state index in [0.717, 1.165) is 37.5 Å². The van der Waals surface area contributed by atoms with Gasteiger partial charge in [-0.15, -0.1) is 0 Å². The zero-order valence-corrected chi connectivity index (χ0v) is 12.8. The Kier molecular flexibility index (Phi) is 4.78. The Hall–Kier alpha value is -1.10. The Morgan fingerprint density at radius 2 is 2.14 bits per heavy atom. The molecule has 2 fully saturated rings. The summed E-state index contributed by atoms with van der Waals surface area (Å²) in [4.78, 5) is 13.5. The van der Waals surface area contributed by atoms with Crippen LogP contribution in [0.3, 0.4) is 0 Å². The largest absolute Gasteiger partial charge is 0.373 e. The van der Waals surface area contributed by atoms with Gasteiger partial charge in [0.2, 0.25) is 5.91 Å². The lowest BCUT2D eigenvalue weighted by Crippen LogP contribution is -2.51. The summed E-state index contributed by atoms with van der Waals surface area (Å²) in [6.07, 6.45) is 2.73. The molecule has 2 aliphatic rings. The molecule has 114 valence electrons. The van der Waals surface area contributed by atoms with Crippen LogP contribution in [0.15, 0.2) is 24.3 Å². The summed E-state index contributed by atoms with van der Waals surface area (Å²) >= 11 is 5.89. The third kappa shape index (κ3) is 3.96. The molecule has 0 aromatic heterocycles. The highest BCUT2D eigenvalue weighted by Gasteiger charge is 2.27. The van der Waals surface area contributed by atoms with Gasteiger partial charge in [0.1, 0.15) is 0 Å². The summed E-state index contributed by atoms with van der Waals surface area (Å²) < 4.78 is 5.91. The number of carbonyl (C=O) groups excluding carboxylic acids is 1. The zero-order chi connectivity index (χ0) is 14.7. The number of benzene rings is 1. The van der Waals surface area contributed by atoms with E-state index in [1.54, 1.807) is 0 Å². The molecule has 5 heteroatoms. The smallest absolute Gasteiger partial charge is 0.222 e. The van der Waals surface area contributed by atoms with E-state index < -0.39 is 0 Å². The highest BCUT2D eigenvalue weighted by Crippen LogP contribution is 2.15. The molecule has 2 heterocycles. The van der Waals surface area contributed by atoms with Crippen LogP contribution in [-0.2, 0) is 16.0 Å². The Morgan fingerprint density at radius 1 is 1.33 bits per heavy atom. The number of ether oxygens (including phenoxy) is 1. The first-order valence-electron chi connectivity index (χ1n) is 7.58. The fourth-order valence-electron chi connectivity index (χ4n) is 2.96. The Balaban J connectivity index is 1.44. The van der Waals surface area contributed by atoms with Gasteiger partial charge in [-0.25, -0.2) is 0 Å². The van der Waals surface area contributed by atoms with Gasteiger partial charge in [0.05, 0.1) is 12.7 Å². The van der Waals surface area contributed by atoms with Crippen LogP contribution in [0.2, 0.25) is 5.02 Å². The van der Waals surface area contributed by atoms with Crippen LogP contribution in [0.5, 0.6) is 0 Å². The second kappa shape index (κ2) is 6.77. The molecule has 2 aliphatic heterocycles. The SMILES string of the molecule is O=C1CCCN1CC1CNC(Cc2ccc(Cl)cc2)CO1. The number of nitrogens with one attached hydrogen (secondary N) is 1. The molecule has 0 radical (unpaired) electrons. The monoisotopic (exact) mass is 308 g/mol. The van der Waals surface area contributed by atoms with Crippen LogP contribution in [0, 0.1) is 0 Å². The predicted molar refractivity (Wildman–Crippen MR) is 82.5 cm³/mol. The van der Waals surface area contributed by atoms with Crippen molar-refractivity contribution in [1.82, 2.24) is 10.2 Å². The van der Waals surface area contributed by atoms with Gasteiger partial charge >= 0.3 is 0 Å². The molecule has 0 saturated carbocycles. The normalized spacial score (nSPS) is 26.3. The van der Waals surface area contributed by atoms with E-state index in [1.807, 2.05) is 17.0 Å². The Bertz CT molecular complexity index is 484. The molecule has 0 spiro atoms. The van der Waals surface area contributed by atoms with Crippen LogP contribution in [0.1, 0.15) is 18.4 Å². The minimum absolute atomic E-state index is 0.119. The lowest BCUT2D eigenvalue weighted by molar-refractivity contribution is -0.130. The number of nitrogens with zero attached hydrogens (tertiary/aromatic N) is 1. The second-order valence-corrected chi connectivity index (χ2v) is 6.27. The van der Waals surface area contributed by atoms with Gasteiger partial charge in [0.25, 0.3) is 0 Å². The maximum atomic E-state index is 11.6. The van der Waals surface area contributed by atoms with Crippen LogP contribution >= 0.6 is 11.6 Å². The number of hydrogen-bond acceptors (Lipinski definition) is 3. The first-order chi connectivity index (χ1) is 10.2. The van der Waals surface area contributed by atoms with Crippen LogP contribution in [0.4, 0.5) is 0 Å². The third-order valence-electron chi connectivity index (χ3n) is 4.16. The molecular formula is C16H21ClN2O2. The second-order valence-electron chi connectivity index (χ2n) is 5.83. The number of rotatable bonds is 4. The van der Waals surface area contributed by atoms with Crippen molar-refractivity contribution in [2.45, 2.75) is 31.4 Å². The first kappa shape index (κ1) is 14.8. The van der Waals surface area contributed by atoms with Crippen molar-refractivity contribution in [1.29, 1.82) is 0 Å². The number of hydrogen-bond donors (Lipinski definition) is 1. The average molecular weight is 309 g/mol. The number of amides is 1. The maximum Gasteiger partial charge on any atom is 0.222 e. The molecule has 1 amide bonds. The number of halogens is 1. The van der Waals surface area contributed by atoms with Crippen molar-refractivity contribution in [3.05, 3.63) is 34.9 Å². The molecule has 2 unspecified atom stereocenters. The van der Waals surface area contributed by atoms with E-state index >= 15 is 0 Å². The molecule has 4 nitrogen and oxygen atoms in total. The van der Waals surface area contributed by atoms with Crippen molar-refractivity contribution in [3.8, 4) is 0 Å². The topological polar surface area (TPSA) is 41.6 Å². The van der Waals surface area contributed by atoms with Crippen molar-refractivity contribution < 1.29 is 9.53 Å². The van der Waals surface area contributed by atoms with Gasteiger partial charge in [-0.3, -0.25) is 4.79 Å². The molecule has 1 aromatic carbocycles. The lowest BCUT2D eigenvalue weighted by Gasteiger charge is -2.32. The van der Waals surface area contributed by atoms with Crippen LogP contribution < -0.4 is 5.32 Å². The van der Waals surface area contributed by atoms with Gasteiger partial charge in [-0.05, 0) is 30.5 Å². The van der Waals surface area contributed by atoms with Crippen molar-refractivity contribution in [3.63, 3.8) is 0 Å². The summed E-state index contributed by atoms with van der Waals surface area (Å²) in [5, 5.41) is 4.29. The fourth-order valence-corrected chi connectivity index (χ4v) is 3.09. The number of likely N-dealkylation sites (tertiary alicyclic amines) is 1. The standard InChI is InChI=1S/C16H21ClN2O2/c17-13-5-3-12(4-6-13)8-14-11-21-15(9-18-14)10-19-7-1-2-16(19)20/h3-6,14-15,18H,1-2,7-11H2. The van der Waals surface area contributed by atoms with E-state index in [9.17, 15) is 4.79 Å². The molecule has 1 N–H and O–H groups in total. The summed E-state index contributed by atoms with van der Waals surface area (Å²) in [5.41, 5.74) is 1.26. The molecule has 0 aliphatic carbocycles. The van der Waals surface area contributed by atoms with Gasteiger partial charge in [0, 0.05) is 37.1 Å². The fraction of sp³-hybridized carbons (Fsp3) is 0.562. The number of morpholine rings is 1. The quantitative estimate of drug-likeness (QED) is 0.923. The number of carbonyl (C=O) groups is 1. The van der Waals surface area contributed by atoms with Crippen molar-refractivity contribution in [2.75, 3.05) is 26.2 Å². The van der Waals surface area contributed by atoms with E-state index in [2.05, 4.69) is 17.4 Å². The molecule has 21 heavy (non-hydrogen) atoms. The van der Waals surface area contributed by atoms with Gasteiger partial charge in [-0.2, -0.15) is 0 Å². The summed E-state index contributed by atoms with van der Waals surface area (Å²) in [7, 11) is 0. The van der Waals surface area contributed by atoms with E-state index in [4.69, 9.17) is 16.3 Å². The lowest BCUT2D eigenvalue weighted by atomic mass is 10.1. The predicted octanol–water partition coefficient (Wildman–Crippen LogP) is 1.86. The minimum Gasteiger partial charge on any atom is -0.373 e. The van der Waals surface area contributed by atoms with Crippen LogP contribution in [-0.4, -0.2) is 49.2 Å². The average Bonchev–Trinajstić information content (AvgIpc) is 2.89. The van der Waals surface area contributed by atoms with Gasteiger partial charge in [-0.1, -0.05) is 23.7 Å². The van der Waals surface area contributed by atoms with Crippen molar-refractivity contribution in [2.24, 2.45) is 0 Å². The molecule has 2 atom stereocenters. The zero-order valence-electron chi connectivity index (χ0n) is 12.1. The van der Waals surface area contributed by atoms with Gasteiger partial charge in [0.15, 0.2) is 0 Å². The highest BCUT2D eigenvalue weighted by atomic mass is 35.5. The molecule has 1 aromatic rings. The summed E-state index contributed by atoms with van der Waals surface area (Å²) in [5.74, 6) is 0.266. The highest BCUT2D eigenvalue weighted by molar-refractivity contribution is 6.30. The molecule has 0 bridgehead atoms. The Morgan fingerprint density at radius 3 is 2.76 bits per heavy atom. The van der Waals surface area contributed by atoms with E-state index in [1.165, 1.54) is 5.56 Å². The maximum absolute atomic E-state index is 11.6. The van der Waals surface area contributed by atoms with Crippen LogP contribution in [0.25, 0.3) is 0 Å².